The zero-order valence-corrected chi connectivity index (χ0v) is 10.1. The van der Waals surface area contributed by atoms with Crippen LogP contribution in [-0.2, 0) is 16.1 Å². The molecule has 1 N–H and O–H groups in total. The first kappa shape index (κ1) is 12.5. The number of likely N-dealkylation sites (tertiary alicyclic amines) is 1. The third-order valence-electron chi connectivity index (χ3n) is 3.20. The van der Waals surface area contributed by atoms with Crippen LogP contribution in [0.4, 0.5) is 0 Å². The van der Waals surface area contributed by atoms with Gasteiger partial charge in [-0.2, -0.15) is 0 Å². The predicted octanol–water partition coefficient (Wildman–Crippen LogP) is -0.615. The van der Waals surface area contributed by atoms with E-state index >= 15 is 0 Å². The number of carbonyl (C=O) groups excluding carboxylic acids is 1. The van der Waals surface area contributed by atoms with Crippen LogP contribution in [0.1, 0.15) is 19.8 Å². The van der Waals surface area contributed by atoms with Crippen molar-refractivity contribution < 1.29 is 14.7 Å². The Bertz CT molecular complexity index is 433. The number of carboxylic acids is 1. The highest BCUT2D eigenvalue weighted by Crippen LogP contribution is 2.23. The largest absolute Gasteiger partial charge is 0.480 e. The SMILES string of the molecule is CC1CCCN(C(=O)Cn2cnnn2)C1C(=O)O. The van der Waals surface area contributed by atoms with Crippen LogP contribution < -0.4 is 0 Å². The van der Waals surface area contributed by atoms with Crippen LogP contribution in [0, 0.1) is 5.92 Å². The Kier molecular flexibility index (Phi) is 3.54. The minimum atomic E-state index is -0.952. The Labute approximate surface area is 104 Å². The summed E-state index contributed by atoms with van der Waals surface area (Å²) in [6, 6.07) is -0.747. The zero-order chi connectivity index (χ0) is 13.1. The first-order chi connectivity index (χ1) is 8.59. The first-order valence-electron chi connectivity index (χ1n) is 5.82. The van der Waals surface area contributed by atoms with Gasteiger partial charge in [0.2, 0.25) is 5.91 Å². The monoisotopic (exact) mass is 253 g/mol. The third kappa shape index (κ3) is 2.47. The molecule has 1 fully saturated rings. The van der Waals surface area contributed by atoms with Gasteiger partial charge < -0.3 is 10.0 Å². The van der Waals surface area contributed by atoms with Gasteiger partial charge in [0.1, 0.15) is 18.9 Å². The van der Waals surface area contributed by atoms with Gasteiger partial charge in [-0.15, -0.1) is 5.10 Å². The number of nitrogens with zero attached hydrogens (tertiary/aromatic N) is 5. The van der Waals surface area contributed by atoms with E-state index in [2.05, 4.69) is 15.5 Å². The molecule has 2 heterocycles. The second kappa shape index (κ2) is 5.11. The average Bonchev–Trinajstić information content (AvgIpc) is 2.80. The van der Waals surface area contributed by atoms with Crippen molar-refractivity contribution in [1.29, 1.82) is 0 Å². The van der Waals surface area contributed by atoms with Crippen molar-refractivity contribution in [2.45, 2.75) is 32.4 Å². The van der Waals surface area contributed by atoms with Crippen molar-refractivity contribution >= 4 is 11.9 Å². The number of tetrazole rings is 1. The van der Waals surface area contributed by atoms with Gasteiger partial charge in [-0.3, -0.25) is 4.79 Å². The Balaban J connectivity index is 2.09. The molecule has 1 aromatic heterocycles. The normalized spacial score (nSPS) is 23.9. The molecule has 1 aliphatic heterocycles. The predicted molar refractivity (Wildman–Crippen MR) is 59.4 cm³/mol. The molecule has 2 unspecified atom stereocenters. The summed E-state index contributed by atoms with van der Waals surface area (Å²) < 4.78 is 1.29. The van der Waals surface area contributed by atoms with Crippen LogP contribution in [0.3, 0.4) is 0 Å². The van der Waals surface area contributed by atoms with Crippen molar-refractivity contribution in [3.05, 3.63) is 6.33 Å². The van der Waals surface area contributed by atoms with Gasteiger partial charge in [0, 0.05) is 6.54 Å². The highest BCUT2D eigenvalue weighted by atomic mass is 16.4. The van der Waals surface area contributed by atoms with Crippen molar-refractivity contribution in [3.63, 3.8) is 0 Å². The van der Waals surface area contributed by atoms with Gasteiger partial charge in [0.25, 0.3) is 0 Å². The number of aliphatic carboxylic acids is 1. The van der Waals surface area contributed by atoms with Crippen LogP contribution in [0.2, 0.25) is 0 Å². The Morgan fingerprint density at radius 1 is 1.50 bits per heavy atom. The molecular formula is C10H15N5O3. The summed E-state index contributed by atoms with van der Waals surface area (Å²) in [4.78, 5) is 24.7. The molecule has 8 heteroatoms. The number of amides is 1. The van der Waals surface area contributed by atoms with Crippen LogP contribution >= 0.6 is 0 Å². The molecule has 0 radical (unpaired) electrons. The molecular weight excluding hydrogens is 238 g/mol. The van der Waals surface area contributed by atoms with E-state index < -0.39 is 12.0 Å². The molecule has 0 aromatic carbocycles. The average molecular weight is 253 g/mol. The van der Waals surface area contributed by atoms with E-state index in [0.717, 1.165) is 12.8 Å². The summed E-state index contributed by atoms with van der Waals surface area (Å²) in [6.45, 7) is 2.31. The van der Waals surface area contributed by atoms with Gasteiger partial charge in [0.15, 0.2) is 0 Å². The second-order valence-electron chi connectivity index (χ2n) is 4.50. The molecule has 1 amide bonds. The Hall–Kier alpha value is -1.99. The maximum absolute atomic E-state index is 12.1. The minimum absolute atomic E-state index is 0.0243. The number of aromatic nitrogens is 4. The number of rotatable bonds is 3. The topological polar surface area (TPSA) is 101 Å². The molecule has 1 aromatic rings. The number of hydrogen-bond acceptors (Lipinski definition) is 5. The molecule has 8 nitrogen and oxygen atoms in total. The maximum Gasteiger partial charge on any atom is 0.326 e. The lowest BCUT2D eigenvalue weighted by Gasteiger charge is -2.37. The summed E-state index contributed by atoms with van der Waals surface area (Å²) in [5.74, 6) is -1.25. The fourth-order valence-corrected chi connectivity index (χ4v) is 2.33. The van der Waals surface area contributed by atoms with Crippen LogP contribution in [0.25, 0.3) is 0 Å². The second-order valence-corrected chi connectivity index (χ2v) is 4.50. The van der Waals surface area contributed by atoms with E-state index in [4.69, 9.17) is 0 Å². The van der Waals surface area contributed by atoms with E-state index in [1.54, 1.807) is 0 Å². The van der Waals surface area contributed by atoms with Gasteiger partial charge >= 0.3 is 5.97 Å². The number of hydrogen-bond donors (Lipinski definition) is 1. The van der Waals surface area contributed by atoms with Gasteiger partial charge in [-0.25, -0.2) is 9.48 Å². The van der Waals surface area contributed by atoms with E-state index in [1.165, 1.54) is 15.9 Å². The van der Waals surface area contributed by atoms with E-state index in [1.807, 2.05) is 6.92 Å². The maximum atomic E-state index is 12.1. The van der Waals surface area contributed by atoms with Crippen molar-refractivity contribution in [1.82, 2.24) is 25.1 Å². The Morgan fingerprint density at radius 2 is 2.28 bits per heavy atom. The van der Waals surface area contributed by atoms with E-state index in [9.17, 15) is 14.7 Å². The summed E-state index contributed by atoms with van der Waals surface area (Å²) in [5.41, 5.74) is 0. The lowest BCUT2D eigenvalue weighted by molar-refractivity contribution is -0.155. The number of piperidine rings is 1. The standard InChI is InChI=1S/C10H15N5O3/c1-7-3-2-4-15(9(7)10(17)18)8(16)5-14-6-11-12-13-14/h6-7,9H,2-5H2,1H3,(H,17,18). The highest BCUT2D eigenvalue weighted by molar-refractivity contribution is 5.84. The smallest absolute Gasteiger partial charge is 0.326 e. The van der Waals surface area contributed by atoms with Crippen LogP contribution in [0.5, 0.6) is 0 Å². The molecule has 0 spiro atoms. The molecule has 0 saturated carbocycles. The molecule has 2 rings (SSSR count). The van der Waals surface area contributed by atoms with Crippen molar-refractivity contribution in [3.8, 4) is 0 Å². The number of carbonyl (C=O) groups is 2. The van der Waals surface area contributed by atoms with Gasteiger partial charge in [0.05, 0.1) is 0 Å². The minimum Gasteiger partial charge on any atom is -0.480 e. The Morgan fingerprint density at radius 3 is 2.89 bits per heavy atom. The molecule has 1 aliphatic rings. The molecule has 2 atom stereocenters. The van der Waals surface area contributed by atoms with E-state index in [-0.39, 0.29) is 18.4 Å². The summed E-state index contributed by atoms with van der Waals surface area (Å²) >= 11 is 0. The molecule has 1 saturated heterocycles. The zero-order valence-electron chi connectivity index (χ0n) is 10.1. The van der Waals surface area contributed by atoms with E-state index in [0.29, 0.717) is 6.54 Å². The summed E-state index contributed by atoms with van der Waals surface area (Å²) in [7, 11) is 0. The quantitative estimate of drug-likeness (QED) is 0.770. The van der Waals surface area contributed by atoms with Gasteiger partial charge in [-0.1, -0.05) is 6.92 Å². The van der Waals surface area contributed by atoms with Crippen molar-refractivity contribution in [2.75, 3.05) is 6.54 Å². The molecule has 0 aliphatic carbocycles. The molecule has 18 heavy (non-hydrogen) atoms. The third-order valence-corrected chi connectivity index (χ3v) is 3.20. The first-order valence-corrected chi connectivity index (χ1v) is 5.82. The highest BCUT2D eigenvalue weighted by Gasteiger charge is 2.36. The summed E-state index contributed by atoms with van der Waals surface area (Å²) in [5, 5.41) is 19.7. The molecule has 98 valence electrons. The van der Waals surface area contributed by atoms with Crippen LogP contribution in [0.15, 0.2) is 6.33 Å². The summed E-state index contributed by atoms with van der Waals surface area (Å²) in [6.07, 6.45) is 2.99. The molecule has 0 bridgehead atoms. The number of carboxylic acid groups (broad SMARTS) is 1. The lowest BCUT2D eigenvalue weighted by atomic mass is 9.91. The lowest BCUT2D eigenvalue weighted by Crippen LogP contribution is -2.52. The fourth-order valence-electron chi connectivity index (χ4n) is 2.33. The van der Waals surface area contributed by atoms with Crippen LogP contribution in [-0.4, -0.2) is 54.7 Å². The van der Waals surface area contributed by atoms with Crippen molar-refractivity contribution in [2.24, 2.45) is 5.92 Å². The fraction of sp³-hybridized carbons (Fsp3) is 0.700. The van der Waals surface area contributed by atoms with Gasteiger partial charge in [-0.05, 0) is 29.2 Å².